The molecule has 0 aromatic carbocycles. The fraction of sp³-hybridized carbons (Fsp3) is 1.00. The highest BCUT2D eigenvalue weighted by Crippen LogP contribution is 2.39. The molecule has 0 atom stereocenters. The maximum Gasteiger partial charge on any atom is 0.253 e. The highest BCUT2D eigenvalue weighted by molar-refractivity contribution is 4.85. The Bertz CT molecular complexity index is 71.0. The van der Waals surface area contributed by atoms with Crippen molar-refractivity contribution in [3.63, 3.8) is 0 Å². The van der Waals surface area contributed by atoms with E-state index in [1.54, 1.807) is 0 Å². The van der Waals surface area contributed by atoms with Crippen LogP contribution >= 0.6 is 0 Å². The molecule has 0 unspecified atom stereocenters. The largest absolute Gasteiger partial charge is 0.253 e. The van der Waals surface area contributed by atoms with Crippen LogP contribution in [-0.2, 0) is 0 Å². The van der Waals surface area contributed by atoms with Gasteiger partial charge in [-0.25, -0.2) is 13.2 Å². The van der Waals surface area contributed by atoms with E-state index in [1.165, 1.54) is 0 Å². The zero-order valence-corrected chi connectivity index (χ0v) is 3.63. The molecule has 7 heavy (non-hydrogen) atoms. The van der Waals surface area contributed by atoms with Gasteiger partial charge in [0, 0.05) is 12.8 Å². The zero-order valence-electron chi connectivity index (χ0n) is 3.63. The summed E-state index contributed by atoms with van der Waals surface area (Å²) in [5, 5.41) is 0. The van der Waals surface area contributed by atoms with Crippen molar-refractivity contribution in [2.45, 2.75) is 24.9 Å². The maximum absolute atomic E-state index is 11.5. The zero-order chi connectivity index (χ0) is 5.49. The third-order valence-electron chi connectivity index (χ3n) is 1.04. The normalized spacial score (nSPS) is 29.6. The summed E-state index contributed by atoms with van der Waals surface area (Å²) < 4.78 is 34.6. The fourth-order valence-corrected chi connectivity index (χ4v) is 0.588. The van der Waals surface area contributed by atoms with Crippen LogP contribution in [-0.4, -0.2) is 12.1 Å². The first-order valence-electron chi connectivity index (χ1n) is 2.12. The van der Waals surface area contributed by atoms with Crippen LogP contribution in [0.4, 0.5) is 13.2 Å². The minimum Gasteiger partial charge on any atom is -0.247 e. The average molecular weight is 110 g/mol. The summed E-state index contributed by atoms with van der Waals surface area (Å²) in [6, 6.07) is 0. The predicted molar refractivity (Wildman–Crippen MR) is 19.1 cm³/mol. The van der Waals surface area contributed by atoms with Gasteiger partial charge in [-0.3, -0.25) is 0 Å². The Morgan fingerprint density at radius 2 is 1.71 bits per heavy atom. The van der Waals surface area contributed by atoms with E-state index in [2.05, 4.69) is 0 Å². The van der Waals surface area contributed by atoms with E-state index in [4.69, 9.17) is 0 Å². The molecule has 0 aromatic rings. The first kappa shape index (κ1) is 4.94. The fourth-order valence-electron chi connectivity index (χ4n) is 0.588. The highest BCUT2D eigenvalue weighted by atomic mass is 19.3. The number of alkyl halides is 3. The third-order valence-corrected chi connectivity index (χ3v) is 1.04. The van der Waals surface area contributed by atoms with Crippen molar-refractivity contribution in [1.82, 2.24) is 0 Å². The standard InChI is InChI=1S/C4H5F3/c5-3-1-4(6,7)2-3/h3H,1-2H2. The van der Waals surface area contributed by atoms with Gasteiger partial charge >= 0.3 is 0 Å². The number of rotatable bonds is 0. The van der Waals surface area contributed by atoms with Crippen LogP contribution < -0.4 is 0 Å². The Morgan fingerprint density at radius 3 is 1.71 bits per heavy atom. The van der Waals surface area contributed by atoms with Crippen LogP contribution in [0.3, 0.4) is 0 Å². The van der Waals surface area contributed by atoms with Gasteiger partial charge in [-0.1, -0.05) is 0 Å². The molecule has 0 radical (unpaired) electrons. The summed E-state index contributed by atoms with van der Waals surface area (Å²) in [4.78, 5) is 0. The molecule has 0 saturated heterocycles. The molecule has 42 valence electrons. The lowest BCUT2D eigenvalue weighted by Gasteiger charge is -2.28. The SMILES string of the molecule is FC1CC(F)(F)C1. The average Bonchev–Trinajstić information content (AvgIpc) is 1.27. The number of halogens is 3. The topological polar surface area (TPSA) is 0 Å². The van der Waals surface area contributed by atoms with Crippen LogP contribution in [0.1, 0.15) is 12.8 Å². The molecule has 0 aliphatic heterocycles. The van der Waals surface area contributed by atoms with Gasteiger partial charge in [0.05, 0.1) is 0 Å². The second kappa shape index (κ2) is 1.14. The Kier molecular flexibility index (Phi) is 0.805. The monoisotopic (exact) mass is 110 g/mol. The smallest absolute Gasteiger partial charge is 0.247 e. The van der Waals surface area contributed by atoms with Crippen molar-refractivity contribution in [2.75, 3.05) is 0 Å². The van der Waals surface area contributed by atoms with E-state index in [1.807, 2.05) is 0 Å². The Balaban J connectivity index is 2.29. The molecule has 1 fully saturated rings. The summed E-state index contributed by atoms with van der Waals surface area (Å²) in [6.07, 6.45) is -2.37. The predicted octanol–water partition coefficient (Wildman–Crippen LogP) is 1.75. The molecule has 0 N–H and O–H groups in total. The van der Waals surface area contributed by atoms with Gasteiger partial charge < -0.3 is 0 Å². The number of hydrogen-bond donors (Lipinski definition) is 0. The Labute approximate surface area is 39.3 Å². The van der Waals surface area contributed by atoms with Crippen molar-refractivity contribution in [1.29, 1.82) is 0 Å². The van der Waals surface area contributed by atoms with Gasteiger partial charge in [0.2, 0.25) is 0 Å². The van der Waals surface area contributed by atoms with E-state index < -0.39 is 24.9 Å². The third kappa shape index (κ3) is 0.868. The summed E-state index contributed by atoms with van der Waals surface area (Å²) in [5.41, 5.74) is 0. The first-order chi connectivity index (χ1) is 3.10. The molecule has 1 saturated carbocycles. The summed E-state index contributed by atoms with van der Waals surface area (Å²) in [7, 11) is 0. The van der Waals surface area contributed by atoms with E-state index >= 15 is 0 Å². The molecule has 0 amide bonds. The van der Waals surface area contributed by atoms with Crippen molar-refractivity contribution in [3.05, 3.63) is 0 Å². The number of hydrogen-bond acceptors (Lipinski definition) is 0. The van der Waals surface area contributed by atoms with Crippen LogP contribution in [0, 0.1) is 0 Å². The maximum atomic E-state index is 11.5. The molecular weight excluding hydrogens is 105 g/mol. The van der Waals surface area contributed by atoms with Gasteiger partial charge in [0.1, 0.15) is 6.17 Å². The molecule has 1 rings (SSSR count). The first-order valence-corrected chi connectivity index (χ1v) is 2.12. The molecule has 0 spiro atoms. The summed E-state index contributed by atoms with van der Waals surface area (Å²) in [5.74, 6) is -2.68. The van der Waals surface area contributed by atoms with Crippen LogP contribution in [0.25, 0.3) is 0 Å². The van der Waals surface area contributed by atoms with E-state index in [-0.39, 0.29) is 0 Å². The molecule has 3 heteroatoms. The van der Waals surface area contributed by atoms with Gasteiger partial charge in [-0.05, 0) is 0 Å². The molecule has 1 aliphatic carbocycles. The summed E-state index contributed by atoms with van der Waals surface area (Å²) in [6.45, 7) is 0. The van der Waals surface area contributed by atoms with Gasteiger partial charge in [-0.15, -0.1) is 0 Å². The lowest BCUT2D eigenvalue weighted by molar-refractivity contribution is -0.117. The quantitative estimate of drug-likeness (QED) is 0.445. The second-order valence-corrected chi connectivity index (χ2v) is 1.86. The molecular formula is C4H5F3. The van der Waals surface area contributed by atoms with Crippen molar-refractivity contribution in [3.8, 4) is 0 Å². The second-order valence-electron chi connectivity index (χ2n) is 1.86. The van der Waals surface area contributed by atoms with Gasteiger partial charge in [0.15, 0.2) is 0 Å². The Morgan fingerprint density at radius 1 is 1.29 bits per heavy atom. The highest BCUT2D eigenvalue weighted by Gasteiger charge is 2.45. The van der Waals surface area contributed by atoms with Crippen molar-refractivity contribution < 1.29 is 13.2 Å². The molecule has 0 bridgehead atoms. The van der Waals surface area contributed by atoms with Crippen molar-refractivity contribution >= 4 is 0 Å². The molecule has 0 aromatic heterocycles. The van der Waals surface area contributed by atoms with E-state index in [0.29, 0.717) is 0 Å². The molecule has 1 aliphatic rings. The minimum absolute atomic E-state index is 0.562. The lowest BCUT2D eigenvalue weighted by Crippen LogP contribution is -2.36. The molecule has 0 nitrogen and oxygen atoms in total. The lowest BCUT2D eigenvalue weighted by atomic mass is 9.93. The van der Waals surface area contributed by atoms with Crippen molar-refractivity contribution in [2.24, 2.45) is 0 Å². The summed E-state index contributed by atoms with van der Waals surface area (Å²) >= 11 is 0. The van der Waals surface area contributed by atoms with Crippen LogP contribution in [0.2, 0.25) is 0 Å². The van der Waals surface area contributed by atoms with Crippen LogP contribution in [0.15, 0.2) is 0 Å². The molecule has 0 heterocycles. The van der Waals surface area contributed by atoms with E-state index in [9.17, 15) is 13.2 Å². The Hall–Kier alpha value is -0.210. The van der Waals surface area contributed by atoms with Gasteiger partial charge in [0.25, 0.3) is 5.92 Å². The minimum atomic E-state index is -2.68. The van der Waals surface area contributed by atoms with Crippen LogP contribution in [0.5, 0.6) is 0 Å². The van der Waals surface area contributed by atoms with E-state index in [0.717, 1.165) is 0 Å². The van der Waals surface area contributed by atoms with Gasteiger partial charge in [-0.2, -0.15) is 0 Å².